The smallest absolute Gasteiger partial charge is 0.276 e. The highest BCUT2D eigenvalue weighted by Crippen LogP contribution is 2.68. The molecule has 0 aromatic carbocycles. The average molecular weight is 516 g/mol. The third kappa shape index (κ3) is 4.52. The molecule has 0 aromatic rings. The zero-order valence-corrected chi connectivity index (χ0v) is 22.2. The van der Waals surface area contributed by atoms with Crippen molar-refractivity contribution in [1.82, 2.24) is 0 Å². The second-order valence-corrected chi connectivity index (χ2v) is 14.3. The van der Waals surface area contributed by atoms with E-state index in [4.69, 9.17) is 5.73 Å². The Balaban J connectivity index is 1.51. The number of aliphatic hydroxyl groups is 3. The van der Waals surface area contributed by atoms with Crippen LogP contribution in [0.2, 0.25) is 0 Å². The summed E-state index contributed by atoms with van der Waals surface area (Å²) in [6.07, 6.45) is 4.89. The van der Waals surface area contributed by atoms with Gasteiger partial charge in [0.2, 0.25) is 0 Å². The SMILES string of the molecule is C[C@H](CCC(=O)C(CN)S(=O)(=O)O)[C@H]1CC[C@H]2[C@@H]3[C@H](O)C[C@@H]4C[C@H](O)CC[C@]4(C)[C@H]3C[C@H](O)[C@]12C. The number of aliphatic hydroxyl groups excluding tert-OH is 3. The molecular formula is C26H45NO7S. The summed E-state index contributed by atoms with van der Waals surface area (Å²) < 4.78 is 32.3. The Hall–Kier alpha value is -0.580. The van der Waals surface area contributed by atoms with Crippen LogP contribution in [-0.4, -0.2) is 64.2 Å². The van der Waals surface area contributed by atoms with E-state index in [0.29, 0.717) is 19.3 Å². The number of nitrogens with two attached hydrogens (primary N) is 1. The average Bonchev–Trinajstić information content (AvgIpc) is 3.12. The summed E-state index contributed by atoms with van der Waals surface area (Å²) in [6, 6.07) is 0. The molecule has 35 heavy (non-hydrogen) atoms. The summed E-state index contributed by atoms with van der Waals surface area (Å²) in [7, 11) is -4.52. The molecule has 0 heterocycles. The number of Topliss-reactive ketones (excluding diaryl/α,β-unsaturated/α-hetero) is 1. The molecule has 0 aromatic heterocycles. The van der Waals surface area contributed by atoms with Crippen LogP contribution < -0.4 is 5.73 Å². The lowest BCUT2D eigenvalue weighted by Gasteiger charge is -2.63. The number of fused-ring (bicyclic) bond motifs is 5. The Morgan fingerprint density at radius 2 is 1.74 bits per heavy atom. The maximum absolute atomic E-state index is 12.5. The van der Waals surface area contributed by atoms with Crippen molar-refractivity contribution in [3.05, 3.63) is 0 Å². The molecule has 0 aliphatic heterocycles. The molecule has 4 fully saturated rings. The monoisotopic (exact) mass is 515 g/mol. The highest BCUT2D eigenvalue weighted by atomic mass is 32.2. The van der Waals surface area contributed by atoms with E-state index in [1.165, 1.54) is 0 Å². The van der Waals surface area contributed by atoms with Crippen molar-refractivity contribution < 1.29 is 33.1 Å². The number of carbonyl (C=O) groups is 1. The third-order valence-corrected chi connectivity index (χ3v) is 12.5. The van der Waals surface area contributed by atoms with Crippen LogP contribution in [0.4, 0.5) is 0 Å². The van der Waals surface area contributed by atoms with Gasteiger partial charge in [0, 0.05) is 13.0 Å². The van der Waals surface area contributed by atoms with E-state index in [-0.39, 0.29) is 58.9 Å². The van der Waals surface area contributed by atoms with E-state index < -0.39 is 39.9 Å². The molecule has 12 atom stereocenters. The molecule has 4 saturated carbocycles. The van der Waals surface area contributed by atoms with Crippen molar-refractivity contribution in [3.8, 4) is 0 Å². The molecule has 0 spiro atoms. The van der Waals surface area contributed by atoms with Crippen LogP contribution in [0, 0.1) is 46.3 Å². The molecular weight excluding hydrogens is 470 g/mol. The minimum atomic E-state index is -4.52. The minimum absolute atomic E-state index is 0.0208. The van der Waals surface area contributed by atoms with Gasteiger partial charge in [0.1, 0.15) is 0 Å². The number of hydrogen-bond acceptors (Lipinski definition) is 7. The van der Waals surface area contributed by atoms with E-state index >= 15 is 0 Å². The Morgan fingerprint density at radius 1 is 1.06 bits per heavy atom. The molecule has 0 amide bonds. The first kappa shape index (κ1) is 27.5. The predicted molar refractivity (Wildman–Crippen MR) is 132 cm³/mol. The quantitative estimate of drug-likeness (QED) is 0.323. The topological polar surface area (TPSA) is 158 Å². The van der Waals surface area contributed by atoms with Crippen LogP contribution in [0.25, 0.3) is 0 Å². The molecule has 6 N–H and O–H groups in total. The molecule has 4 aliphatic rings. The van der Waals surface area contributed by atoms with Gasteiger partial charge < -0.3 is 21.1 Å². The van der Waals surface area contributed by atoms with Gasteiger partial charge in [0.05, 0.1) is 18.3 Å². The predicted octanol–water partition coefficient (Wildman–Crippen LogP) is 2.15. The molecule has 8 nitrogen and oxygen atoms in total. The van der Waals surface area contributed by atoms with Crippen LogP contribution in [0.5, 0.6) is 0 Å². The molecule has 9 heteroatoms. The maximum Gasteiger partial charge on any atom is 0.276 e. The fraction of sp³-hybridized carbons (Fsp3) is 0.962. The van der Waals surface area contributed by atoms with Gasteiger partial charge in [-0.25, -0.2) is 0 Å². The lowest BCUT2D eigenvalue weighted by molar-refractivity contribution is -0.207. The Kier molecular flexibility index (Phi) is 7.55. The first-order valence-corrected chi connectivity index (χ1v) is 15.0. The summed E-state index contributed by atoms with van der Waals surface area (Å²) in [5.41, 5.74) is 5.07. The van der Waals surface area contributed by atoms with Crippen LogP contribution in [0.1, 0.15) is 78.6 Å². The zero-order valence-electron chi connectivity index (χ0n) is 21.3. The zero-order chi connectivity index (χ0) is 25.9. The molecule has 0 saturated heterocycles. The molecule has 4 aliphatic carbocycles. The van der Waals surface area contributed by atoms with Gasteiger partial charge in [0.25, 0.3) is 10.1 Å². The third-order valence-electron chi connectivity index (χ3n) is 11.3. The van der Waals surface area contributed by atoms with E-state index in [9.17, 15) is 33.1 Å². The summed E-state index contributed by atoms with van der Waals surface area (Å²) >= 11 is 0. The van der Waals surface area contributed by atoms with Crippen LogP contribution in [-0.2, 0) is 14.9 Å². The van der Waals surface area contributed by atoms with Crippen LogP contribution in [0.15, 0.2) is 0 Å². The highest BCUT2D eigenvalue weighted by molar-refractivity contribution is 7.87. The first-order chi connectivity index (χ1) is 16.2. The normalized spacial score (nSPS) is 47.3. The van der Waals surface area contributed by atoms with Crippen molar-refractivity contribution in [1.29, 1.82) is 0 Å². The second-order valence-electron chi connectivity index (χ2n) is 12.7. The number of carbonyl (C=O) groups excluding carboxylic acids is 1. The summed E-state index contributed by atoms with van der Waals surface area (Å²) in [5.74, 6) is 0.491. The number of rotatable bonds is 7. The summed E-state index contributed by atoms with van der Waals surface area (Å²) in [5, 5.41) is 31.7. The molecule has 0 radical (unpaired) electrons. The molecule has 4 rings (SSSR count). The van der Waals surface area contributed by atoms with Gasteiger partial charge in [-0.05, 0) is 97.7 Å². The number of ketones is 1. The van der Waals surface area contributed by atoms with E-state index in [2.05, 4.69) is 20.8 Å². The Morgan fingerprint density at radius 3 is 2.37 bits per heavy atom. The standard InChI is InChI=1S/C26H45NO7S/c1-14(4-7-20(29)22(13-27)35(32,33)34)17-5-6-18-24-19(12-23(31)26(17,18)3)25(2)9-8-16(28)10-15(25)11-21(24)30/h14-19,21-24,28,30-31H,4-13,27H2,1-3H3,(H,32,33,34)/t14-,15+,16-,17-,18+,19+,21-,22?,23+,24+,25+,26-/m1/s1. The van der Waals surface area contributed by atoms with Gasteiger partial charge >= 0.3 is 0 Å². The van der Waals surface area contributed by atoms with Crippen molar-refractivity contribution in [2.24, 2.45) is 52.1 Å². The van der Waals surface area contributed by atoms with Crippen molar-refractivity contribution >= 4 is 15.9 Å². The maximum atomic E-state index is 12.5. The van der Waals surface area contributed by atoms with E-state index in [1.54, 1.807) is 0 Å². The van der Waals surface area contributed by atoms with Crippen LogP contribution >= 0.6 is 0 Å². The van der Waals surface area contributed by atoms with Gasteiger partial charge in [-0.3, -0.25) is 9.35 Å². The molecule has 0 bridgehead atoms. The van der Waals surface area contributed by atoms with Crippen molar-refractivity contribution in [3.63, 3.8) is 0 Å². The van der Waals surface area contributed by atoms with Gasteiger partial charge in [-0.1, -0.05) is 20.8 Å². The van der Waals surface area contributed by atoms with E-state index in [0.717, 1.165) is 32.1 Å². The summed E-state index contributed by atoms with van der Waals surface area (Å²) in [4.78, 5) is 12.5. The Bertz CT molecular complexity index is 911. The number of hydrogen-bond donors (Lipinski definition) is 5. The fourth-order valence-corrected chi connectivity index (χ4v) is 9.98. The Labute approximate surface area is 209 Å². The molecule has 1 unspecified atom stereocenters. The van der Waals surface area contributed by atoms with E-state index in [1.807, 2.05) is 0 Å². The fourth-order valence-electron chi connectivity index (χ4n) is 9.28. The largest absolute Gasteiger partial charge is 0.393 e. The van der Waals surface area contributed by atoms with Crippen molar-refractivity contribution in [2.75, 3.05) is 6.54 Å². The lowest BCUT2D eigenvalue weighted by atomic mass is 9.43. The second kappa shape index (κ2) is 9.62. The molecule has 202 valence electrons. The van der Waals surface area contributed by atoms with Crippen LogP contribution in [0.3, 0.4) is 0 Å². The van der Waals surface area contributed by atoms with Gasteiger partial charge in [0.15, 0.2) is 11.0 Å². The van der Waals surface area contributed by atoms with Gasteiger partial charge in [-0.15, -0.1) is 0 Å². The minimum Gasteiger partial charge on any atom is -0.393 e. The lowest BCUT2D eigenvalue weighted by Crippen LogP contribution is -2.62. The van der Waals surface area contributed by atoms with Crippen molar-refractivity contribution in [2.45, 2.75) is 102 Å². The van der Waals surface area contributed by atoms with Gasteiger partial charge in [-0.2, -0.15) is 8.42 Å². The highest BCUT2D eigenvalue weighted by Gasteiger charge is 2.65. The summed E-state index contributed by atoms with van der Waals surface area (Å²) in [6.45, 7) is 6.09. The first-order valence-electron chi connectivity index (χ1n) is 13.5.